The van der Waals surface area contributed by atoms with E-state index in [4.69, 9.17) is 0 Å². The molecular weight excluding hydrogens is 292 g/mol. The molecule has 0 radical (unpaired) electrons. The average molecular weight is 297 g/mol. The fraction of sp³-hybridized carbons (Fsp3) is 0. The zero-order chi connectivity index (χ0) is 10.3. The summed E-state index contributed by atoms with van der Waals surface area (Å²) in [6, 6.07) is 4.17. The highest BCUT2D eigenvalue weighted by Crippen LogP contribution is 2.37. The number of fused-ring (bicyclic) bond motifs is 1. The van der Waals surface area contributed by atoms with Gasteiger partial charge in [0.2, 0.25) is 0 Å². The second-order valence-electron chi connectivity index (χ2n) is 2.97. The first-order valence-corrected chi connectivity index (χ1v) is 6.83. The number of hydrogen-bond acceptors (Lipinski definition) is 4. The van der Waals surface area contributed by atoms with Crippen LogP contribution in [0.1, 0.15) is 0 Å². The van der Waals surface area contributed by atoms with Gasteiger partial charge in [0.25, 0.3) is 0 Å². The second-order valence-corrected chi connectivity index (χ2v) is 5.53. The van der Waals surface area contributed by atoms with Crippen LogP contribution in [-0.4, -0.2) is 9.97 Å². The Bertz CT molecular complexity index is 601. The van der Waals surface area contributed by atoms with Crippen molar-refractivity contribution in [3.8, 4) is 10.4 Å². The zero-order valence-electron chi connectivity index (χ0n) is 7.48. The van der Waals surface area contributed by atoms with Gasteiger partial charge in [-0.3, -0.25) is 0 Å². The van der Waals surface area contributed by atoms with Crippen LogP contribution in [0.3, 0.4) is 0 Å². The standard InChI is InChI=1S/C10H5BrN2S2/c11-9-8-6(7-2-1-3-14-7)4-15-10(8)13-5-12-9/h1-5H. The molecule has 0 fully saturated rings. The molecule has 0 saturated carbocycles. The SMILES string of the molecule is Brc1ncnc2scc(-c3cccs3)c12. The molecule has 3 rings (SSSR count). The summed E-state index contributed by atoms with van der Waals surface area (Å²) in [6.07, 6.45) is 1.58. The summed E-state index contributed by atoms with van der Waals surface area (Å²) >= 11 is 6.86. The summed E-state index contributed by atoms with van der Waals surface area (Å²) in [5.41, 5.74) is 1.22. The number of rotatable bonds is 1. The van der Waals surface area contributed by atoms with Crippen LogP contribution in [0.5, 0.6) is 0 Å². The van der Waals surface area contributed by atoms with E-state index < -0.39 is 0 Å². The van der Waals surface area contributed by atoms with Crippen molar-refractivity contribution in [2.24, 2.45) is 0 Å². The van der Waals surface area contributed by atoms with E-state index in [2.05, 4.69) is 48.8 Å². The van der Waals surface area contributed by atoms with Gasteiger partial charge in [0, 0.05) is 15.8 Å². The zero-order valence-corrected chi connectivity index (χ0v) is 10.7. The third-order valence-electron chi connectivity index (χ3n) is 2.11. The highest BCUT2D eigenvalue weighted by atomic mass is 79.9. The van der Waals surface area contributed by atoms with Crippen LogP contribution < -0.4 is 0 Å². The van der Waals surface area contributed by atoms with Gasteiger partial charge in [-0.15, -0.1) is 22.7 Å². The van der Waals surface area contributed by atoms with Crippen LogP contribution >= 0.6 is 38.6 Å². The van der Waals surface area contributed by atoms with Crippen molar-refractivity contribution in [3.05, 3.63) is 33.8 Å². The quantitative estimate of drug-likeness (QED) is 0.630. The summed E-state index contributed by atoms with van der Waals surface area (Å²) in [4.78, 5) is 10.7. The van der Waals surface area contributed by atoms with E-state index in [-0.39, 0.29) is 0 Å². The lowest BCUT2D eigenvalue weighted by Crippen LogP contribution is -1.80. The van der Waals surface area contributed by atoms with Crippen LogP contribution in [0.15, 0.2) is 33.8 Å². The topological polar surface area (TPSA) is 25.8 Å². The Morgan fingerprint density at radius 2 is 2.13 bits per heavy atom. The molecule has 2 nitrogen and oxygen atoms in total. The molecule has 0 saturated heterocycles. The summed E-state index contributed by atoms with van der Waals surface area (Å²) in [5.74, 6) is 0. The number of nitrogens with zero attached hydrogens (tertiary/aromatic N) is 2. The lowest BCUT2D eigenvalue weighted by Gasteiger charge is -1.96. The van der Waals surface area contributed by atoms with Gasteiger partial charge < -0.3 is 0 Å². The highest BCUT2D eigenvalue weighted by molar-refractivity contribution is 9.10. The van der Waals surface area contributed by atoms with E-state index >= 15 is 0 Å². The molecular formula is C10H5BrN2S2. The highest BCUT2D eigenvalue weighted by Gasteiger charge is 2.11. The molecule has 0 aliphatic heterocycles. The van der Waals surface area contributed by atoms with Gasteiger partial charge in [0.1, 0.15) is 15.8 Å². The normalized spacial score (nSPS) is 11.0. The molecule has 3 aromatic rings. The molecule has 0 spiro atoms. The number of hydrogen-bond donors (Lipinski definition) is 0. The van der Waals surface area contributed by atoms with Gasteiger partial charge in [0.15, 0.2) is 0 Å². The molecule has 0 atom stereocenters. The van der Waals surface area contributed by atoms with Crippen molar-refractivity contribution in [1.29, 1.82) is 0 Å². The van der Waals surface area contributed by atoms with Crippen molar-refractivity contribution < 1.29 is 0 Å². The molecule has 3 aromatic heterocycles. The summed E-state index contributed by atoms with van der Waals surface area (Å²) in [5, 5.41) is 5.33. The average Bonchev–Trinajstić information content (AvgIpc) is 2.85. The van der Waals surface area contributed by atoms with Crippen molar-refractivity contribution >= 4 is 48.8 Å². The Kier molecular flexibility index (Phi) is 2.31. The minimum absolute atomic E-state index is 0.872. The van der Waals surface area contributed by atoms with Gasteiger partial charge in [-0.2, -0.15) is 0 Å². The van der Waals surface area contributed by atoms with Crippen molar-refractivity contribution in [3.63, 3.8) is 0 Å². The van der Waals surface area contributed by atoms with E-state index in [1.165, 1.54) is 10.4 Å². The first kappa shape index (κ1) is 9.45. The Labute approximate surface area is 103 Å². The molecule has 0 N–H and O–H groups in total. The Morgan fingerprint density at radius 3 is 2.93 bits per heavy atom. The smallest absolute Gasteiger partial charge is 0.128 e. The predicted molar refractivity (Wildman–Crippen MR) is 68.4 cm³/mol. The summed E-state index contributed by atoms with van der Waals surface area (Å²) < 4.78 is 0.872. The van der Waals surface area contributed by atoms with Gasteiger partial charge in [0.05, 0.1) is 5.39 Å². The van der Waals surface area contributed by atoms with Gasteiger partial charge >= 0.3 is 0 Å². The molecule has 0 bridgehead atoms. The molecule has 0 aliphatic rings. The summed E-state index contributed by atoms with van der Waals surface area (Å²) in [7, 11) is 0. The van der Waals surface area contributed by atoms with Gasteiger partial charge in [-0.05, 0) is 27.4 Å². The Hall–Kier alpha value is -0.780. The Morgan fingerprint density at radius 1 is 1.20 bits per heavy atom. The molecule has 0 aliphatic carbocycles. The van der Waals surface area contributed by atoms with Gasteiger partial charge in [-0.25, -0.2) is 9.97 Å². The van der Waals surface area contributed by atoms with E-state index in [0.717, 1.165) is 14.8 Å². The van der Waals surface area contributed by atoms with Crippen molar-refractivity contribution in [2.45, 2.75) is 0 Å². The maximum Gasteiger partial charge on any atom is 0.128 e. The molecule has 74 valence electrons. The number of aromatic nitrogens is 2. The second kappa shape index (κ2) is 3.66. The maximum atomic E-state index is 4.25. The molecule has 0 aromatic carbocycles. The van der Waals surface area contributed by atoms with Crippen LogP contribution in [0.25, 0.3) is 20.7 Å². The lowest BCUT2D eigenvalue weighted by molar-refractivity contribution is 1.20. The molecule has 5 heteroatoms. The maximum absolute atomic E-state index is 4.25. The fourth-order valence-corrected chi connectivity index (χ4v) is 3.81. The first-order chi connectivity index (χ1) is 7.36. The summed E-state index contributed by atoms with van der Waals surface area (Å²) in [6.45, 7) is 0. The van der Waals surface area contributed by atoms with E-state index in [0.29, 0.717) is 0 Å². The van der Waals surface area contributed by atoms with E-state index in [1.54, 1.807) is 29.0 Å². The Balaban J connectivity index is 2.37. The molecule has 3 heterocycles. The third-order valence-corrected chi connectivity index (χ3v) is 4.50. The fourth-order valence-electron chi connectivity index (χ4n) is 1.45. The molecule has 15 heavy (non-hydrogen) atoms. The van der Waals surface area contributed by atoms with E-state index in [1.807, 2.05) is 0 Å². The first-order valence-electron chi connectivity index (χ1n) is 4.28. The number of thiophene rings is 2. The van der Waals surface area contributed by atoms with Crippen LogP contribution in [0, 0.1) is 0 Å². The third kappa shape index (κ3) is 1.51. The lowest BCUT2D eigenvalue weighted by atomic mass is 10.2. The van der Waals surface area contributed by atoms with Crippen LogP contribution in [-0.2, 0) is 0 Å². The largest absolute Gasteiger partial charge is 0.229 e. The minimum Gasteiger partial charge on any atom is -0.229 e. The minimum atomic E-state index is 0.872. The van der Waals surface area contributed by atoms with E-state index in [9.17, 15) is 0 Å². The monoisotopic (exact) mass is 296 g/mol. The van der Waals surface area contributed by atoms with Crippen LogP contribution in [0.4, 0.5) is 0 Å². The molecule has 0 amide bonds. The molecule has 0 unspecified atom stereocenters. The van der Waals surface area contributed by atoms with Crippen molar-refractivity contribution in [1.82, 2.24) is 9.97 Å². The number of halogens is 1. The van der Waals surface area contributed by atoms with Gasteiger partial charge in [-0.1, -0.05) is 6.07 Å². The van der Waals surface area contributed by atoms with Crippen LogP contribution in [0.2, 0.25) is 0 Å². The predicted octanol–water partition coefficient (Wildman–Crippen LogP) is 4.18. The van der Waals surface area contributed by atoms with Crippen molar-refractivity contribution in [2.75, 3.05) is 0 Å².